The van der Waals surface area contributed by atoms with Gasteiger partial charge in [-0.2, -0.15) is 0 Å². The van der Waals surface area contributed by atoms with Crippen LogP contribution in [0.1, 0.15) is 46.3 Å². The predicted molar refractivity (Wildman–Crippen MR) is 106 cm³/mol. The van der Waals surface area contributed by atoms with E-state index < -0.39 is 0 Å². The number of nitrogens with zero attached hydrogens (tertiary/aromatic N) is 3. The molecule has 1 saturated heterocycles. The Morgan fingerprint density at radius 2 is 1.64 bits per heavy atom. The topological polar surface area (TPSA) is 82.6 Å². The molecule has 7 nitrogen and oxygen atoms in total. The van der Waals surface area contributed by atoms with Gasteiger partial charge in [0, 0.05) is 31.9 Å². The van der Waals surface area contributed by atoms with Crippen LogP contribution in [-0.2, 0) is 4.79 Å². The maximum atomic E-state index is 12.7. The van der Waals surface area contributed by atoms with Crippen molar-refractivity contribution >= 4 is 23.9 Å². The summed E-state index contributed by atoms with van der Waals surface area (Å²) in [7, 11) is 0. The molecule has 0 saturated carbocycles. The van der Waals surface area contributed by atoms with Crippen molar-refractivity contribution in [1.82, 2.24) is 14.8 Å². The Morgan fingerprint density at radius 3 is 2.25 bits per heavy atom. The molecule has 146 valence electrons. The summed E-state index contributed by atoms with van der Waals surface area (Å²) in [6, 6.07) is 12.5. The van der Waals surface area contributed by atoms with Crippen LogP contribution >= 0.6 is 0 Å². The number of piperazine rings is 1. The van der Waals surface area contributed by atoms with Gasteiger partial charge in [0.15, 0.2) is 0 Å². The predicted octanol–water partition coefficient (Wildman–Crippen LogP) is 2.37. The van der Waals surface area contributed by atoms with Crippen LogP contribution in [0.4, 0.5) is 5.69 Å². The second-order valence-electron chi connectivity index (χ2n) is 7.07. The lowest BCUT2D eigenvalue weighted by molar-refractivity contribution is -0.119. The van der Waals surface area contributed by atoms with Crippen LogP contribution in [0, 0.1) is 0 Å². The van der Waals surface area contributed by atoms with Crippen molar-refractivity contribution in [3.8, 4) is 0 Å². The largest absolute Gasteiger partial charge is 0.342 e. The first-order chi connectivity index (χ1) is 13.5. The summed E-state index contributed by atoms with van der Waals surface area (Å²) in [6.45, 7) is 6.14. The molecule has 1 aliphatic rings. The number of amides is 3. The highest BCUT2D eigenvalue weighted by molar-refractivity contribution is 6.03. The maximum absolute atomic E-state index is 12.7. The number of aromatic nitrogens is 1. The number of pyridine rings is 1. The molecule has 0 spiro atoms. The van der Waals surface area contributed by atoms with Gasteiger partial charge in [-0.05, 0) is 35.7 Å². The van der Waals surface area contributed by atoms with Crippen LogP contribution < -0.4 is 5.32 Å². The summed E-state index contributed by atoms with van der Waals surface area (Å²) in [5.74, 6) is -0.179. The van der Waals surface area contributed by atoms with E-state index in [1.165, 1.54) is 5.56 Å². The normalized spacial score (nSPS) is 14.1. The summed E-state index contributed by atoms with van der Waals surface area (Å²) in [5, 5.41) is 2.81. The van der Waals surface area contributed by atoms with Crippen molar-refractivity contribution < 1.29 is 14.4 Å². The average molecular weight is 380 g/mol. The van der Waals surface area contributed by atoms with Crippen LogP contribution in [0.2, 0.25) is 0 Å². The molecule has 28 heavy (non-hydrogen) atoms. The van der Waals surface area contributed by atoms with E-state index in [0.29, 0.717) is 37.8 Å². The van der Waals surface area contributed by atoms with Gasteiger partial charge in [0.25, 0.3) is 11.8 Å². The molecular weight excluding hydrogens is 356 g/mol. The zero-order valence-electron chi connectivity index (χ0n) is 16.1. The van der Waals surface area contributed by atoms with Gasteiger partial charge in [-0.1, -0.05) is 32.0 Å². The van der Waals surface area contributed by atoms with E-state index in [4.69, 9.17) is 0 Å². The molecule has 2 aromatic rings. The Kier molecular flexibility index (Phi) is 6.03. The number of nitrogens with one attached hydrogen (secondary N) is 1. The third kappa shape index (κ3) is 4.54. The van der Waals surface area contributed by atoms with E-state index in [0.717, 1.165) is 6.41 Å². The molecule has 1 aromatic carbocycles. The average Bonchev–Trinajstić information content (AvgIpc) is 2.73. The van der Waals surface area contributed by atoms with Crippen molar-refractivity contribution in [3.05, 3.63) is 59.4 Å². The fourth-order valence-corrected chi connectivity index (χ4v) is 3.02. The zero-order valence-corrected chi connectivity index (χ0v) is 16.1. The molecule has 1 aliphatic heterocycles. The second kappa shape index (κ2) is 8.65. The highest BCUT2D eigenvalue weighted by atomic mass is 16.2. The highest BCUT2D eigenvalue weighted by Gasteiger charge is 2.23. The number of hydrogen-bond donors (Lipinski definition) is 1. The van der Waals surface area contributed by atoms with Crippen LogP contribution in [-0.4, -0.2) is 59.2 Å². The Bertz CT molecular complexity index is 856. The minimum absolute atomic E-state index is 0.185. The second-order valence-corrected chi connectivity index (χ2v) is 7.07. The van der Waals surface area contributed by atoms with Gasteiger partial charge in [-0.15, -0.1) is 0 Å². The zero-order chi connectivity index (χ0) is 20.1. The smallest absolute Gasteiger partial charge is 0.274 e. The van der Waals surface area contributed by atoms with Gasteiger partial charge in [0.05, 0.1) is 0 Å². The summed E-state index contributed by atoms with van der Waals surface area (Å²) >= 11 is 0. The van der Waals surface area contributed by atoms with Gasteiger partial charge in [0.2, 0.25) is 6.41 Å². The molecule has 3 rings (SSSR count). The van der Waals surface area contributed by atoms with Crippen molar-refractivity contribution in [1.29, 1.82) is 0 Å². The molecule has 7 heteroatoms. The Balaban J connectivity index is 1.67. The standard InChI is InChI=1S/C21H24N4O3/c1-15(2)16-6-8-17(9-7-16)22-20(27)18-4-3-5-19(23-18)21(28)25-12-10-24(14-26)11-13-25/h3-9,14-15H,10-13H2,1-2H3,(H,22,27). The van der Waals surface area contributed by atoms with Gasteiger partial charge in [-0.25, -0.2) is 4.98 Å². The lowest BCUT2D eigenvalue weighted by Gasteiger charge is -2.32. The van der Waals surface area contributed by atoms with Crippen molar-refractivity contribution in [2.24, 2.45) is 0 Å². The summed E-state index contributed by atoms with van der Waals surface area (Å²) in [6.07, 6.45) is 0.790. The number of benzene rings is 1. The minimum Gasteiger partial charge on any atom is -0.342 e. The van der Waals surface area contributed by atoms with Crippen LogP contribution in [0.15, 0.2) is 42.5 Å². The molecule has 1 N–H and O–H groups in total. The molecule has 0 radical (unpaired) electrons. The first-order valence-electron chi connectivity index (χ1n) is 9.35. The number of carbonyl (C=O) groups is 3. The molecule has 0 bridgehead atoms. The molecular formula is C21H24N4O3. The summed E-state index contributed by atoms with van der Waals surface area (Å²) < 4.78 is 0. The fourth-order valence-electron chi connectivity index (χ4n) is 3.02. The first kappa shape index (κ1) is 19.5. The third-order valence-corrected chi connectivity index (χ3v) is 4.79. The van der Waals surface area contributed by atoms with E-state index in [1.54, 1.807) is 28.0 Å². The summed E-state index contributed by atoms with van der Waals surface area (Å²) in [4.78, 5) is 43.5. The number of anilines is 1. The molecule has 0 unspecified atom stereocenters. The van der Waals surface area contributed by atoms with Gasteiger partial charge >= 0.3 is 0 Å². The van der Waals surface area contributed by atoms with Crippen molar-refractivity contribution in [3.63, 3.8) is 0 Å². The summed E-state index contributed by atoms with van der Waals surface area (Å²) in [5.41, 5.74) is 2.28. The maximum Gasteiger partial charge on any atom is 0.274 e. The lowest BCUT2D eigenvalue weighted by Crippen LogP contribution is -2.48. The molecule has 0 aliphatic carbocycles. The Labute approximate surface area is 164 Å². The van der Waals surface area contributed by atoms with Gasteiger partial charge in [0.1, 0.15) is 11.4 Å². The van der Waals surface area contributed by atoms with Gasteiger partial charge in [-0.3, -0.25) is 14.4 Å². The monoisotopic (exact) mass is 380 g/mol. The molecule has 0 atom stereocenters. The third-order valence-electron chi connectivity index (χ3n) is 4.79. The van der Waals surface area contributed by atoms with E-state index >= 15 is 0 Å². The SMILES string of the molecule is CC(C)c1ccc(NC(=O)c2cccc(C(=O)N3CCN(C=O)CC3)n2)cc1. The molecule has 3 amide bonds. The molecule has 1 aromatic heterocycles. The molecule has 1 fully saturated rings. The van der Waals surface area contributed by atoms with Gasteiger partial charge < -0.3 is 15.1 Å². The molecule has 2 heterocycles. The van der Waals surface area contributed by atoms with E-state index in [2.05, 4.69) is 24.1 Å². The Hall–Kier alpha value is -3.22. The van der Waals surface area contributed by atoms with Crippen LogP contribution in [0.3, 0.4) is 0 Å². The van der Waals surface area contributed by atoms with E-state index in [9.17, 15) is 14.4 Å². The van der Waals surface area contributed by atoms with E-state index in [-0.39, 0.29) is 23.2 Å². The van der Waals surface area contributed by atoms with Crippen molar-refractivity contribution in [2.45, 2.75) is 19.8 Å². The highest BCUT2D eigenvalue weighted by Crippen LogP contribution is 2.17. The van der Waals surface area contributed by atoms with Crippen LogP contribution in [0.5, 0.6) is 0 Å². The lowest BCUT2D eigenvalue weighted by atomic mass is 10.0. The number of hydrogen-bond acceptors (Lipinski definition) is 4. The Morgan fingerprint density at radius 1 is 1.00 bits per heavy atom. The minimum atomic E-state index is -0.363. The van der Waals surface area contributed by atoms with Crippen molar-refractivity contribution in [2.75, 3.05) is 31.5 Å². The number of rotatable bonds is 5. The fraction of sp³-hybridized carbons (Fsp3) is 0.333. The number of carbonyl (C=O) groups excluding carboxylic acids is 3. The van der Waals surface area contributed by atoms with Crippen LogP contribution in [0.25, 0.3) is 0 Å². The van der Waals surface area contributed by atoms with E-state index in [1.807, 2.05) is 24.3 Å². The quantitative estimate of drug-likeness (QED) is 0.808. The first-order valence-corrected chi connectivity index (χ1v) is 9.35.